The molecule has 30 heavy (non-hydrogen) atoms. The lowest BCUT2D eigenvalue weighted by molar-refractivity contribution is 0.100. The van der Waals surface area contributed by atoms with Crippen LogP contribution in [0.5, 0.6) is 5.75 Å². The van der Waals surface area contributed by atoms with E-state index in [4.69, 9.17) is 4.74 Å². The average Bonchev–Trinajstić information content (AvgIpc) is 2.72. The molecule has 0 unspecified atom stereocenters. The molecule has 0 aliphatic heterocycles. The maximum absolute atomic E-state index is 12.7. The SMILES string of the molecule is CC(=O)c1ccc(COc2cccc(C(=O)Nc3ccc(C(C)C)c(C)c3)c2)cn1. The Morgan fingerprint density at radius 1 is 1.07 bits per heavy atom. The zero-order valence-corrected chi connectivity index (χ0v) is 17.7. The van der Waals surface area contributed by atoms with Gasteiger partial charge in [0.15, 0.2) is 5.78 Å². The molecule has 5 nitrogen and oxygen atoms in total. The van der Waals surface area contributed by atoms with Crippen LogP contribution in [0.25, 0.3) is 0 Å². The van der Waals surface area contributed by atoms with Crippen LogP contribution < -0.4 is 10.1 Å². The number of rotatable bonds is 7. The minimum atomic E-state index is -0.190. The van der Waals surface area contributed by atoms with Gasteiger partial charge in [0.25, 0.3) is 5.91 Å². The molecule has 0 aliphatic carbocycles. The third-order valence-electron chi connectivity index (χ3n) is 4.84. The van der Waals surface area contributed by atoms with Gasteiger partial charge in [-0.25, -0.2) is 0 Å². The number of aryl methyl sites for hydroxylation is 1. The standard InChI is InChI=1S/C25H26N2O3/c1-16(2)23-10-9-21(12-17(23)3)27-25(29)20-6-5-7-22(13-20)30-15-19-8-11-24(18(4)28)26-14-19/h5-14,16H,15H2,1-4H3,(H,27,29). The van der Waals surface area contributed by atoms with Crippen LogP contribution in [0.2, 0.25) is 0 Å². The van der Waals surface area contributed by atoms with Gasteiger partial charge in [0.2, 0.25) is 0 Å². The second-order valence-electron chi connectivity index (χ2n) is 7.60. The molecule has 1 amide bonds. The zero-order valence-electron chi connectivity index (χ0n) is 17.7. The van der Waals surface area contributed by atoms with Crippen LogP contribution in [0, 0.1) is 6.92 Å². The van der Waals surface area contributed by atoms with Crippen LogP contribution in [0.1, 0.15) is 64.2 Å². The summed E-state index contributed by atoms with van der Waals surface area (Å²) in [4.78, 5) is 28.1. The lowest BCUT2D eigenvalue weighted by Gasteiger charge is -2.13. The summed E-state index contributed by atoms with van der Waals surface area (Å²) in [7, 11) is 0. The summed E-state index contributed by atoms with van der Waals surface area (Å²) in [6, 6.07) is 16.5. The van der Waals surface area contributed by atoms with E-state index in [2.05, 4.69) is 37.1 Å². The first kappa shape index (κ1) is 21.2. The van der Waals surface area contributed by atoms with Crippen molar-refractivity contribution >= 4 is 17.4 Å². The van der Waals surface area contributed by atoms with E-state index in [1.54, 1.807) is 36.5 Å². The van der Waals surface area contributed by atoms with Gasteiger partial charge in [0, 0.05) is 29.9 Å². The number of ether oxygens (including phenoxy) is 1. The van der Waals surface area contributed by atoms with Gasteiger partial charge in [-0.05, 0) is 60.4 Å². The Labute approximate surface area is 177 Å². The highest BCUT2D eigenvalue weighted by Gasteiger charge is 2.10. The van der Waals surface area contributed by atoms with Crippen molar-refractivity contribution in [3.8, 4) is 5.75 Å². The van der Waals surface area contributed by atoms with E-state index in [9.17, 15) is 9.59 Å². The minimum Gasteiger partial charge on any atom is -0.489 e. The molecule has 1 heterocycles. The lowest BCUT2D eigenvalue weighted by Crippen LogP contribution is -2.12. The molecule has 5 heteroatoms. The Morgan fingerprint density at radius 2 is 1.87 bits per heavy atom. The summed E-state index contributed by atoms with van der Waals surface area (Å²) in [5.74, 6) is 0.766. The number of hydrogen-bond acceptors (Lipinski definition) is 4. The number of anilines is 1. The Kier molecular flexibility index (Phi) is 6.62. The molecule has 0 radical (unpaired) electrons. The van der Waals surface area contributed by atoms with E-state index >= 15 is 0 Å². The maximum Gasteiger partial charge on any atom is 0.255 e. The van der Waals surface area contributed by atoms with Crippen LogP contribution in [-0.2, 0) is 6.61 Å². The predicted octanol–water partition coefficient (Wildman–Crippen LogP) is 5.55. The van der Waals surface area contributed by atoms with Gasteiger partial charge < -0.3 is 10.1 Å². The number of ketones is 1. The first-order valence-corrected chi connectivity index (χ1v) is 9.94. The van der Waals surface area contributed by atoms with E-state index in [1.165, 1.54) is 12.5 Å². The molecule has 0 saturated heterocycles. The number of nitrogens with one attached hydrogen (secondary N) is 1. The summed E-state index contributed by atoms with van der Waals surface area (Å²) in [5.41, 5.74) is 4.98. The molecule has 0 atom stereocenters. The number of carbonyl (C=O) groups is 2. The molecule has 1 aromatic heterocycles. The van der Waals surface area contributed by atoms with Crippen molar-refractivity contribution in [1.82, 2.24) is 4.98 Å². The fourth-order valence-electron chi connectivity index (χ4n) is 3.22. The first-order valence-electron chi connectivity index (χ1n) is 9.94. The van der Waals surface area contributed by atoms with Crippen molar-refractivity contribution in [2.75, 3.05) is 5.32 Å². The highest BCUT2D eigenvalue weighted by molar-refractivity contribution is 6.04. The molecule has 0 spiro atoms. The Hall–Kier alpha value is -3.47. The van der Waals surface area contributed by atoms with Crippen molar-refractivity contribution in [1.29, 1.82) is 0 Å². The van der Waals surface area contributed by atoms with E-state index < -0.39 is 0 Å². The fraction of sp³-hybridized carbons (Fsp3) is 0.240. The van der Waals surface area contributed by atoms with Gasteiger partial charge in [-0.15, -0.1) is 0 Å². The van der Waals surface area contributed by atoms with Gasteiger partial charge >= 0.3 is 0 Å². The van der Waals surface area contributed by atoms with Gasteiger partial charge in [0.05, 0.1) is 0 Å². The van der Waals surface area contributed by atoms with Crippen LogP contribution in [0.3, 0.4) is 0 Å². The van der Waals surface area contributed by atoms with E-state index in [0.717, 1.165) is 16.8 Å². The van der Waals surface area contributed by atoms with Gasteiger partial charge in [-0.1, -0.05) is 32.0 Å². The zero-order chi connectivity index (χ0) is 21.7. The van der Waals surface area contributed by atoms with Gasteiger partial charge in [0.1, 0.15) is 18.1 Å². The summed E-state index contributed by atoms with van der Waals surface area (Å²) >= 11 is 0. The van der Waals surface area contributed by atoms with Crippen molar-refractivity contribution < 1.29 is 14.3 Å². The number of nitrogens with zero attached hydrogens (tertiary/aromatic N) is 1. The molecule has 154 valence electrons. The number of Topliss-reactive ketones (excluding diaryl/α,β-unsaturated/α-hetero) is 1. The molecule has 0 bridgehead atoms. The van der Waals surface area contributed by atoms with Crippen LogP contribution in [0.4, 0.5) is 5.69 Å². The number of aromatic nitrogens is 1. The third kappa shape index (κ3) is 5.32. The van der Waals surface area contributed by atoms with Gasteiger partial charge in [-0.2, -0.15) is 0 Å². The second-order valence-corrected chi connectivity index (χ2v) is 7.60. The number of carbonyl (C=O) groups excluding carboxylic acids is 2. The summed E-state index contributed by atoms with van der Waals surface area (Å²) in [6.45, 7) is 8.14. The van der Waals surface area contributed by atoms with Crippen molar-refractivity contribution in [2.24, 2.45) is 0 Å². The Bertz CT molecular complexity index is 1060. The lowest BCUT2D eigenvalue weighted by atomic mass is 9.97. The first-order chi connectivity index (χ1) is 14.3. The maximum atomic E-state index is 12.7. The number of hydrogen-bond donors (Lipinski definition) is 1. The second kappa shape index (κ2) is 9.35. The van der Waals surface area contributed by atoms with Crippen molar-refractivity contribution in [3.63, 3.8) is 0 Å². The van der Waals surface area contributed by atoms with Crippen LogP contribution >= 0.6 is 0 Å². The molecular weight excluding hydrogens is 376 g/mol. The largest absolute Gasteiger partial charge is 0.489 e. The number of pyridine rings is 1. The molecule has 0 fully saturated rings. The Morgan fingerprint density at radius 3 is 2.50 bits per heavy atom. The summed E-state index contributed by atoms with van der Waals surface area (Å²) in [6.07, 6.45) is 1.62. The molecular formula is C25H26N2O3. The molecule has 0 aliphatic rings. The average molecular weight is 402 g/mol. The molecule has 2 aromatic carbocycles. The minimum absolute atomic E-state index is 0.0739. The molecule has 3 aromatic rings. The molecule has 0 saturated carbocycles. The number of benzene rings is 2. The van der Waals surface area contributed by atoms with E-state index in [0.29, 0.717) is 29.5 Å². The predicted molar refractivity (Wildman–Crippen MR) is 118 cm³/mol. The highest BCUT2D eigenvalue weighted by Crippen LogP contribution is 2.23. The van der Waals surface area contributed by atoms with Crippen molar-refractivity contribution in [3.05, 3.63) is 88.7 Å². The smallest absolute Gasteiger partial charge is 0.255 e. The van der Waals surface area contributed by atoms with Crippen LogP contribution in [-0.4, -0.2) is 16.7 Å². The van der Waals surface area contributed by atoms with E-state index in [-0.39, 0.29) is 11.7 Å². The summed E-state index contributed by atoms with van der Waals surface area (Å²) < 4.78 is 5.79. The normalized spacial score (nSPS) is 10.7. The van der Waals surface area contributed by atoms with Crippen LogP contribution in [0.15, 0.2) is 60.8 Å². The summed E-state index contributed by atoms with van der Waals surface area (Å²) in [5, 5.41) is 2.95. The molecule has 1 N–H and O–H groups in total. The highest BCUT2D eigenvalue weighted by atomic mass is 16.5. The quantitative estimate of drug-likeness (QED) is 0.526. The molecule has 3 rings (SSSR count). The fourth-order valence-corrected chi connectivity index (χ4v) is 3.22. The third-order valence-corrected chi connectivity index (χ3v) is 4.84. The van der Waals surface area contributed by atoms with Crippen molar-refractivity contribution in [2.45, 2.75) is 40.2 Å². The van der Waals surface area contributed by atoms with Gasteiger partial charge in [-0.3, -0.25) is 14.6 Å². The Balaban J connectivity index is 1.65. The number of amides is 1. The topological polar surface area (TPSA) is 68.3 Å². The monoisotopic (exact) mass is 402 g/mol. The van der Waals surface area contributed by atoms with E-state index in [1.807, 2.05) is 18.2 Å².